The molecular weight excluding hydrogens is 170 g/mol. The summed E-state index contributed by atoms with van der Waals surface area (Å²) in [6.07, 6.45) is 1.77. The Hall–Kier alpha value is -1.92. The molecular formula is C6H9N7. The Bertz CT molecular complexity index is 362. The molecule has 0 radical (unpaired) electrons. The van der Waals surface area contributed by atoms with Gasteiger partial charge in [-0.15, -0.1) is 10.2 Å². The number of nitrogen functional groups attached to an aromatic ring is 1. The van der Waals surface area contributed by atoms with Crippen molar-refractivity contribution in [3.63, 3.8) is 0 Å². The van der Waals surface area contributed by atoms with Gasteiger partial charge in [0, 0.05) is 6.20 Å². The summed E-state index contributed by atoms with van der Waals surface area (Å²) >= 11 is 0. The Kier molecular flexibility index (Phi) is 1.69. The van der Waals surface area contributed by atoms with E-state index in [1.807, 2.05) is 0 Å². The molecule has 0 unspecified atom stereocenters. The first-order valence-electron chi connectivity index (χ1n) is 3.76. The molecule has 2 aromatic heterocycles. The molecule has 2 heterocycles. The van der Waals surface area contributed by atoms with Gasteiger partial charge in [0.2, 0.25) is 0 Å². The molecule has 0 spiro atoms. The van der Waals surface area contributed by atoms with Gasteiger partial charge in [0.1, 0.15) is 12.4 Å². The van der Waals surface area contributed by atoms with E-state index in [1.165, 1.54) is 4.80 Å². The van der Waals surface area contributed by atoms with Crippen molar-refractivity contribution >= 4 is 5.82 Å². The van der Waals surface area contributed by atoms with Gasteiger partial charge in [0.15, 0.2) is 5.82 Å². The number of aryl methyl sites for hydroxylation is 1. The summed E-state index contributed by atoms with van der Waals surface area (Å²) in [6, 6.07) is 1.72. The molecule has 7 heteroatoms. The molecule has 68 valence electrons. The lowest BCUT2D eigenvalue weighted by Crippen LogP contribution is -2.03. The third kappa shape index (κ3) is 1.63. The zero-order chi connectivity index (χ0) is 9.26. The zero-order valence-electron chi connectivity index (χ0n) is 7.12. The highest BCUT2D eigenvalue weighted by atomic mass is 15.6. The van der Waals surface area contributed by atoms with Crippen molar-refractivity contribution in [3.8, 4) is 0 Å². The Morgan fingerprint density at radius 2 is 2.31 bits per heavy atom. The van der Waals surface area contributed by atoms with Gasteiger partial charge >= 0.3 is 0 Å². The molecule has 0 saturated heterocycles. The van der Waals surface area contributed by atoms with Crippen molar-refractivity contribution in [2.24, 2.45) is 7.05 Å². The Morgan fingerprint density at radius 1 is 1.46 bits per heavy atom. The van der Waals surface area contributed by atoms with E-state index in [4.69, 9.17) is 5.73 Å². The predicted molar refractivity (Wildman–Crippen MR) is 44.5 cm³/mol. The summed E-state index contributed by atoms with van der Waals surface area (Å²) in [7, 11) is 1.72. The van der Waals surface area contributed by atoms with Crippen LogP contribution < -0.4 is 5.73 Å². The number of nitrogens with two attached hydrogens (primary N) is 1. The second-order valence-electron chi connectivity index (χ2n) is 2.63. The molecule has 0 aliphatic carbocycles. The highest BCUT2D eigenvalue weighted by Crippen LogP contribution is 1.97. The van der Waals surface area contributed by atoms with Crippen LogP contribution in [-0.2, 0) is 13.6 Å². The molecule has 0 bridgehead atoms. The van der Waals surface area contributed by atoms with Gasteiger partial charge in [-0.3, -0.25) is 4.68 Å². The third-order valence-electron chi connectivity index (χ3n) is 1.51. The molecule has 0 aromatic carbocycles. The topological polar surface area (TPSA) is 87.4 Å². The monoisotopic (exact) mass is 179 g/mol. The molecule has 0 amide bonds. The fraction of sp³-hybridized carbons (Fsp3) is 0.333. The van der Waals surface area contributed by atoms with Gasteiger partial charge in [-0.1, -0.05) is 0 Å². The van der Waals surface area contributed by atoms with Crippen molar-refractivity contribution in [1.82, 2.24) is 30.0 Å². The second kappa shape index (κ2) is 2.85. The molecule has 13 heavy (non-hydrogen) atoms. The van der Waals surface area contributed by atoms with Gasteiger partial charge in [-0.2, -0.15) is 9.90 Å². The molecule has 0 aliphatic heterocycles. The van der Waals surface area contributed by atoms with Crippen LogP contribution in [0.15, 0.2) is 12.3 Å². The van der Waals surface area contributed by atoms with Crippen molar-refractivity contribution in [2.45, 2.75) is 6.54 Å². The summed E-state index contributed by atoms with van der Waals surface area (Å²) in [5.74, 6) is 1.11. The Balaban J connectivity index is 2.14. The molecule has 2 rings (SSSR count). The lowest BCUT2D eigenvalue weighted by atomic mass is 10.6. The first kappa shape index (κ1) is 7.71. The number of aromatic nitrogens is 6. The number of anilines is 1. The van der Waals surface area contributed by atoms with E-state index < -0.39 is 0 Å². The largest absolute Gasteiger partial charge is 0.382 e. The fourth-order valence-electron chi connectivity index (χ4n) is 0.997. The van der Waals surface area contributed by atoms with Crippen LogP contribution in [0.3, 0.4) is 0 Å². The maximum absolute atomic E-state index is 5.44. The quantitative estimate of drug-likeness (QED) is 0.641. The van der Waals surface area contributed by atoms with Crippen molar-refractivity contribution < 1.29 is 0 Å². The molecule has 2 aromatic rings. The minimum atomic E-state index is 0.490. The fourth-order valence-corrected chi connectivity index (χ4v) is 0.997. The van der Waals surface area contributed by atoms with Crippen molar-refractivity contribution in [3.05, 3.63) is 18.1 Å². The number of nitrogens with zero attached hydrogens (tertiary/aromatic N) is 6. The Labute approximate surface area is 74.1 Å². The van der Waals surface area contributed by atoms with E-state index in [9.17, 15) is 0 Å². The Morgan fingerprint density at radius 3 is 2.85 bits per heavy atom. The van der Waals surface area contributed by atoms with Gasteiger partial charge in [0.25, 0.3) is 0 Å². The van der Waals surface area contributed by atoms with Crippen LogP contribution in [0.2, 0.25) is 0 Å². The van der Waals surface area contributed by atoms with E-state index in [0.29, 0.717) is 18.2 Å². The first-order valence-corrected chi connectivity index (χ1v) is 3.76. The third-order valence-corrected chi connectivity index (χ3v) is 1.51. The SMILES string of the molecule is Cn1nnc(Cn2ccc(N)n2)n1. The minimum Gasteiger partial charge on any atom is -0.382 e. The van der Waals surface area contributed by atoms with E-state index in [1.54, 1.807) is 24.0 Å². The van der Waals surface area contributed by atoms with Crippen molar-refractivity contribution in [1.29, 1.82) is 0 Å². The van der Waals surface area contributed by atoms with Crippen LogP contribution in [0.5, 0.6) is 0 Å². The summed E-state index contributed by atoms with van der Waals surface area (Å²) < 4.78 is 1.66. The van der Waals surface area contributed by atoms with Crippen LogP contribution in [0, 0.1) is 0 Å². The molecule has 0 aliphatic rings. The van der Waals surface area contributed by atoms with E-state index in [-0.39, 0.29) is 0 Å². The average molecular weight is 179 g/mol. The maximum atomic E-state index is 5.44. The molecule has 0 saturated carbocycles. The lowest BCUT2D eigenvalue weighted by Gasteiger charge is -1.93. The number of tetrazole rings is 1. The number of hydrogen-bond acceptors (Lipinski definition) is 5. The van der Waals surface area contributed by atoms with Crippen LogP contribution in [0.25, 0.3) is 0 Å². The predicted octanol–water partition coefficient (Wildman–Crippen LogP) is -0.963. The average Bonchev–Trinajstić information content (AvgIpc) is 2.62. The van der Waals surface area contributed by atoms with Crippen LogP contribution >= 0.6 is 0 Å². The summed E-state index contributed by atoms with van der Waals surface area (Å²) in [4.78, 5) is 1.40. The van der Waals surface area contributed by atoms with Gasteiger partial charge in [-0.25, -0.2) is 0 Å². The van der Waals surface area contributed by atoms with Crippen molar-refractivity contribution in [2.75, 3.05) is 5.73 Å². The smallest absolute Gasteiger partial charge is 0.196 e. The second-order valence-corrected chi connectivity index (χ2v) is 2.63. The number of hydrogen-bond donors (Lipinski definition) is 1. The molecule has 0 fully saturated rings. The highest BCUT2D eigenvalue weighted by Gasteiger charge is 2.01. The number of rotatable bonds is 2. The maximum Gasteiger partial charge on any atom is 0.196 e. The normalized spacial score (nSPS) is 10.5. The summed E-state index contributed by atoms with van der Waals surface area (Å²) in [5, 5.41) is 15.5. The van der Waals surface area contributed by atoms with Gasteiger partial charge in [-0.05, 0) is 11.3 Å². The van der Waals surface area contributed by atoms with E-state index in [2.05, 4.69) is 20.5 Å². The zero-order valence-corrected chi connectivity index (χ0v) is 7.12. The molecule has 7 nitrogen and oxygen atoms in total. The van der Waals surface area contributed by atoms with Gasteiger partial charge < -0.3 is 5.73 Å². The van der Waals surface area contributed by atoms with Gasteiger partial charge in [0.05, 0.1) is 7.05 Å². The van der Waals surface area contributed by atoms with Crippen LogP contribution in [0.4, 0.5) is 5.82 Å². The minimum absolute atomic E-state index is 0.490. The lowest BCUT2D eigenvalue weighted by molar-refractivity contribution is 0.618. The summed E-state index contributed by atoms with van der Waals surface area (Å²) in [6.45, 7) is 0.491. The van der Waals surface area contributed by atoms with Crippen LogP contribution in [-0.4, -0.2) is 30.0 Å². The summed E-state index contributed by atoms with van der Waals surface area (Å²) in [5.41, 5.74) is 5.44. The standard InChI is InChI=1S/C6H9N7/c1-12-10-6(8-11-12)4-13-3-2-5(7)9-13/h2-3H,4H2,1H3,(H2,7,9). The molecule has 0 atom stereocenters. The van der Waals surface area contributed by atoms with E-state index in [0.717, 1.165) is 0 Å². The molecule has 2 N–H and O–H groups in total. The first-order chi connectivity index (χ1) is 6.24. The van der Waals surface area contributed by atoms with Crippen LogP contribution in [0.1, 0.15) is 5.82 Å². The highest BCUT2D eigenvalue weighted by molar-refractivity contribution is 5.23. The van der Waals surface area contributed by atoms with E-state index >= 15 is 0 Å².